The second-order valence-corrected chi connectivity index (χ2v) is 6.05. The molecule has 0 aliphatic carbocycles. The van der Waals surface area contributed by atoms with Crippen molar-refractivity contribution in [3.63, 3.8) is 0 Å². The van der Waals surface area contributed by atoms with Crippen molar-refractivity contribution in [2.45, 2.75) is 27.0 Å². The summed E-state index contributed by atoms with van der Waals surface area (Å²) >= 11 is 12.0. The van der Waals surface area contributed by atoms with E-state index in [4.69, 9.17) is 27.9 Å². The fourth-order valence-electron chi connectivity index (χ4n) is 1.90. The van der Waals surface area contributed by atoms with Gasteiger partial charge >= 0.3 is 0 Å². The van der Waals surface area contributed by atoms with Gasteiger partial charge in [0.2, 0.25) is 0 Å². The quantitative estimate of drug-likeness (QED) is 0.468. The monoisotopic (exact) mass is 382 g/mol. The molecule has 0 radical (unpaired) electrons. The SMILES string of the molecule is C/C=C(\C)OCc1nccn1Cc1cc(Cl)cc(Cl)c1.C=CCOC. The highest BCUT2D eigenvalue weighted by molar-refractivity contribution is 6.34. The van der Waals surface area contributed by atoms with Crippen molar-refractivity contribution in [1.82, 2.24) is 9.55 Å². The molecule has 0 saturated carbocycles. The molecule has 0 spiro atoms. The Bertz CT molecular complexity index is 676. The summed E-state index contributed by atoms with van der Waals surface area (Å²) in [5.41, 5.74) is 1.03. The van der Waals surface area contributed by atoms with Crippen LogP contribution in [0.4, 0.5) is 0 Å². The maximum absolute atomic E-state index is 6.01. The van der Waals surface area contributed by atoms with Crippen LogP contribution < -0.4 is 0 Å². The molecule has 0 fully saturated rings. The molecule has 0 N–H and O–H groups in total. The van der Waals surface area contributed by atoms with Crippen molar-refractivity contribution in [3.8, 4) is 0 Å². The maximum atomic E-state index is 6.01. The van der Waals surface area contributed by atoms with Crippen LogP contribution in [0.5, 0.6) is 0 Å². The summed E-state index contributed by atoms with van der Waals surface area (Å²) in [6.45, 7) is 9.04. The highest BCUT2D eigenvalue weighted by Crippen LogP contribution is 2.20. The van der Waals surface area contributed by atoms with Gasteiger partial charge in [-0.05, 0) is 43.7 Å². The van der Waals surface area contributed by atoms with E-state index >= 15 is 0 Å². The minimum absolute atomic E-state index is 0.442. The number of allylic oxidation sites excluding steroid dienone is 2. The van der Waals surface area contributed by atoms with E-state index < -0.39 is 0 Å². The van der Waals surface area contributed by atoms with Gasteiger partial charge in [0.1, 0.15) is 12.4 Å². The normalized spacial score (nSPS) is 10.8. The van der Waals surface area contributed by atoms with Crippen LogP contribution in [0.15, 0.2) is 55.1 Å². The largest absolute Gasteiger partial charge is 0.491 e. The van der Waals surface area contributed by atoms with Crippen molar-refractivity contribution < 1.29 is 9.47 Å². The molecule has 2 aromatic rings. The van der Waals surface area contributed by atoms with Gasteiger partial charge in [-0.3, -0.25) is 0 Å². The molecule has 0 saturated heterocycles. The van der Waals surface area contributed by atoms with Gasteiger partial charge in [-0.15, -0.1) is 6.58 Å². The number of ether oxygens (including phenoxy) is 2. The first kappa shape index (κ1) is 21.3. The van der Waals surface area contributed by atoms with Crippen LogP contribution in [0.1, 0.15) is 25.2 Å². The predicted molar refractivity (Wildman–Crippen MR) is 104 cm³/mol. The Morgan fingerprint density at radius 2 is 1.96 bits per heavy atom. The van der Waals surface area contributed by atoms with Gasteiger partial charge in [-0.2, -0.15) is 0 Å². The molecule has 4 nitrogen and oxygen atoms in total. The Morgan fingerprint density at radius 1 is 1.28 bits per heavy atom. The molecule has 6 heteroatoms. The third-order valence-electron chi connectivity index (χ3n) is 3.20. The van der Waals surface area contributed by atoms with E-state index in [1.807, 2.05) is 42.8 Å². The zero-order valence-electron chi connectivity index (χ0n) is 14.8. The molecule has 2 rings (SSSR count). The summed E-state index contributed by atoms with van der Waals surface area (Å²) < 4.78 is 12.2. The molecule has 1 aromatic carbocycles. The van der Waals surface area contributed by atoms with Crippen LogP contribution in [0.2, 0.25) is 10.0 Å². The van der Waals surface area contributed by atoms with Gasteiger partial charge in [0.15, 0.2) is 0 Å². The number of imidazole rings is 1. The summed E-state index contributed by atoms with van der Waals surface area (Å²) in [5.74, 6) is 1.74. The second kappa shape index (κ2) is 11.7. The van der Waals surface area contributed by atoms with E-state index in [1.54, 1.807) is 25.4 Å². The summed E-state index contributed by atoms with van der Waals surface area (Å²) in [6.07, 6.45) is 7.30. The number of aromatic nitrogens is 2. The predicted octanol–water partition coefficient (Wildman–Crippen LogP) is 5.50. The molecule has 1 aromatic heterocycles. The van der Waals surface area contributed by atoms with Gasteiger partial charge in [0, 0.05) is 36.1 Å². The second-order valence-electron chi connectivity index (χ2n) is 5.18. The fraction of sp³-hybridized carbons (Fsp3) is 0.316. The standard InChI is InChI=1S/C15H16Cl2N2O.C4H8O/c1-3-11(2)20-10-15-18-4-5-19(15)9-12-6-13(16)8-14(17)7-12;1-3-4-5-2/h3-8H,9-10H2,1-2H3;3H,1,4H2,2H3/b11-3+;. The third-order valence-corrected chi connectivity index (χ3v) is 3.63. The number of rotatable bonds is 7. The Hall–Kier alpha value is -1.75. The minimum Gasteiger partial charge on any atom is -0.491 e. The molecule has 0 amide bonds. The highest BCUT2D eigenvalue weighted by atomic mass is 35.5. The number of benzene rings is 1. The molecule has 0 unspecified atom stereocenters. The Kier molecular flexibility index (Phi) is 10.0. The molecule has 0 aliphatic heterocycles. The van der Waals surface area contributed by atoms with Gasteiger partial charge in [-0.25, -0.2) is 4.98 Å². The van der Waals surface area contributed by atoms with E-state index in [1.165, 1.54) is 0 Å². The Balaban J connectivity index is 0.000000550. The lowest BCUT2D eigenvalue weighted by atomic mass is 10.2. The molecular formula is C19H24Cl2N2O2. The summed E-state index contributed by atoms with van der Waals surface area (Å²) in [5, 5.41) is 1.27. The number of hydrogen-bond donors (Lipinski definition) is 0. The summed E-state index contributed by atoms with van der Waals surface area (Å²) in [4.78, 5) is 4.31. The smallest absolute Gasteiger partial charge is 0.147 e. The zero-order valence-corrected chi connectivity index (χ0v) is 16.3. The molecule has 136 valence electrons. The van der Waals surface area contributed by atoms with E-state index in [-0.39, 0.29) is 0 Å². The first-order chi connectivity index (χ1) is 12.0. The van der Waals surface area contributed by atoms with Gasteiger partial charge in [0.05, 0.1) is 12.4 Å². The molecule has 0 bridgehead atoms. The van der Waals surface area contributed by atoms with Crippen molar-refractivity contribution in [2.24, 2.45) is 0 Å². The zero-order chi connectivity index (χ0) is 18.7. The van der Waals surface area contributed by atoms with Crippen LogP contribution in [-0.4, -0.2) is 23.3 Å². The van der Waals surface area contributed by atoms with Crippen LogP contribution in [0.25, 0.3) is 0 Å². The summed E-state index contributed by atoms with van der Waals surface area (Å²) in [6, 6.07) is 5.52. The third kappa shape index (κ3) is 8.25. The van der Waals surface area contributed by atoms with E-state index in [0.29, 0.717) is 29.8 Å². The highest BCUT2D eigenvalue weighted by Gasteiger charge is 2.06. The number of hydrogen-bond acceptors (Lipinski definition) is 3. The Labute approximate surface area is 159 Å². The minimum atomic E-state index is 0.442. The lowest BCUT2D eigenvalue weighted by molar-refractivity contribution is 0.189. The number of nitrogens with zero attached hydrogens (tertiary/aromatic N) is 2. The lowest BCUT2D eigenvalue weighted by Gasteiger charge is -2.10. The lowest BCUT2D eigenvalue weighted by Crippen LogP contribution is -2.06. The van der Waals surface area contributed by atoms with Gasteiger partial charge in [0.25, 0.3) is 0 Å². The van der Waals surface area contributed by atoms with Crippen LogP contribution >= 0.6 is 23.2 Å². The molecule has 1 heterocycles. The fourth-order valence-corrected chi connectivity index (χ4v) is 2.47. The van der Waals surface area contributed by atoms with Crippen LogP contribution in [0.3, 0.4) is 0 Å². The molecule has 0 aliphatic rings. The number of halogens is 2. The van der Waals surface area contributed by atoms with E-state index in [2.05, 4.69) is 16.3 Å². The maximum Gasteiger partial charge on any atom is 0.147 e. The van der Waals surface area contributed by atoms with Crippen molar-refractivity contribution in [2.75, 3.05) is 13.7 Å². The molecular weight excluding hydrogens is 359 g/mol. The van der Waals surface area contributed by atoms with E-state index in [0.717, 1.165) is 17.1 Å². The topological polar surface area (TPSA) is 36.3 Å². The van der Waals surface area contributed by atoms with Crippen LogP contribution in [-0.2, 0) is 22.6 Å². The average molecular weight is 383 g/mol. The van der Waals surface area contributed by atoms with E-state index in [9.17, 15) is 0 Å². The summed E-state index contributed by atoms with van der Waals surface area (Å²) in [7, 11) is 1.64. The Morgan fingerprint density at radius 3 is 2.48 bits per heavy atom. The average Bonchev–Trinajstić information content (AvgIpc) is 3.00. The van der Waals surface area contributed by atoms with Gasteiger partial charge < -0.3 is 14.0 Å². The van der Waals surface area contributed by atoms with Crippen LogP contribution in [0, 0.1) is 0 Å². The number of methoxy groups -OCH3 is 1. The van der Waals surface area contributed by atoms with Crippen molar-refractivity contribution in [1.29, 1.82) is 0 Å². The molecule has 0 atom stereocenters. The first-order valence-electron chi connectivity index (χ1n) is 7.80. The molecule has 25 heavy (non-hydrogen) atoms. The first-order valence-corrected chi connectivity index (χ1v) is 8.56. The van der Waals surface area contributed by atoms with Crippen molar-refractivity contribution >= 4 is 23.2 Å². The van der Waals surface area contributed by atoms with Gasteiger partial charge in [-0.1, -0.05) is 29.3 Å². The van der Waals surface area contributed by atoms with Crippen molar-refractivity contribution in [3.05, 3.63) is 76.5 Å².